The smallest absolute Gasteiger partial charge is 0.246 e. The van der Waals surface area contributed by atoms with Crippen molar-refractivity contribution in [3.63, 3.8) is 0 Å². The molecule has 1 atom stereocenters. The molecule has 6 nitrogen and oxygen atoms in total. The van der Waals surface area contributed by atoms with E-state index in [1.54, 1.807) is 20.9 Å². The fourth-order valence-corrected chi connectivity index (χ4v) is 2.10. The van der Waals surface area contributed by atoms with E-state index in [-0.39, 0.29) is 24.1 Å². The quantitative estimate of drug-likeness (QED) is 0.659. The second-order valence-electron chi connectivity index (χ2n) is 5.48. The maximum Gasteiger partial charge on any atom is 0.246 e. The highest BCUT2D eigenvalue weighted by molar-refractivity contribution is 6.05. The molecule has 0 aromatic heterocycles. The van der Waals surface area contributed by atoms with Crippen LogP contribution in [0.3, 0.4) is 0 Å². The number of carbonyl (C=O) groups is 3. The lowest BCUT2D eigenvalue weighted by molar-refractivity contribution is -0.139. The Morgan fingerprint density at radius 3 is 2.58 bits per heavy atom. The minimum atomic E-state index is -0.615. The highest BCUT2D eigenvalue weighted by Gasteiger charge is 2.39. The summed E-state index contributed by atoms with van der Waals surface area (Å²) in [6.07, 6.45) is 0.941. The first kappa shape index (κ1) is 15.6. The molecule has 0 aromatic rings. The van der Waals surface area contributed by atoms with E-state index in [0.717, 1.165) is 6.42 Å². The normalized spacial score (nSPS) is 20.0. The molecule has 0 saturated carbocycles. The molecule has 19 heavy (non-hydrogen) atoms. The van der Waals surface area contributed by atoms with Gasteiger partial charge in [-0.25, -0.2) is 0 Å². The van der Waals surface area contributed by atoms with Gasteiger partial charge < -0.3 is 10.6 Å². The van der Waals surface area contributed by atoms with E-state index >= 15 is 0 Å². The van der Waals surface area contributed by atoms with Crippen molar-refractivity contribution in [2.24, 2.45) is 5.41 Å². The Morgan fingerprint density at radius 2 is 2.05 bits per heavy atom. The summed E-state index contributed by atoms with van der Waals surface area (Å²) >= 11 is 0. The molecule has 1 fully saturated rings. The third-order valence-corrected chi connectivity index (χ3v) is 3.32. The standard InChI is InChI=1S/C13H23N3O3/c1-5-6-16-10(17)7-9(11(16)18)15-8-13(2,3)12(19)14-4/h9,15H,5-8H2,1-4H3,(H,14,19). The molecule has 6 heteroatoms. The molecule has 3 amide bonds. The van der Waals surface area contributed by atoms with Crippen molar-refractivity contribution in [2.45, 2.75) is 39.7 Å². The van der Waals surface area contributed by atoms with E-state index in [4.69, 9.17) is 0 Å². The predicted octanol–water partition coefficient (Wildman–Crippen LogP) is -0.114. The zero-order valence-corrected chi connectivity index (χ0v) is 12.1. The van der Waals surface area contributed by atoms with E-state index in [1.807, 2.05) is 6.92 Å². The first-order valence-corrected chi connectivity index (χ1v) is 6.63. The van der Waals surface area contributed by atoms with E-state index in [0.29, 0.717) is 13.1 Å². The van der Waals surface area contributed by atoms with Gasteiger partial charge in [0.15, 0.2) is 0 Å². The first-order valence-electron chi connectivity index (χ1n) is 6.63. The summed E-state index contributed by atoms with van der Waals surface area (Å²) in [5.41, 5.74) is -0.615. The lowest BCUT2D eigenvalue weighted by atomic mass is 9.92. The number of amides is 3. The number of likely N-dealkylation sites (tertiary alicyclic amines) is 1. The fourth-order valence-electron chi connectivity index (χ4n) is 2.10. The van der Waals surface area contributed by atoms with Crippen LogP contribution in [0.5, 0.6) is 0 Å². The second kappa shape index (κ2) is 6.14. The molecule has 0 bridgehead atoms. The van der Waals surface area contributed by atoms with E-state index in [2.05, 4.69) is 10.6 Å². The van der Waals surface area contributed by atoms with Gasteiger partial charge in [0, 0.05) is 20.1 Å². The van der Waals surface area contributed by atoms with Crippen molar-refractivity contribution < 1.29 is 14.4 Å². The molecule has 2 N–H and O–H groups in total. The predicted molar refractivity (Wildman–Crippen MR) is 71.3 cm³/mol. The third-order valence-electron chi connectivity index (χ3n) is 3.32. The van der Waals surface area contributed by atoms with Crippen molar-refractivity contribution in [2.75, 3.05) is 20.1 Å². The van der Waals surface area contributed by atoms with Gasteiger partial charge in [-0.2, -0.15) is 0 Å². The summed E-state index contributed by atoms with van der Waals surface area (Å²) in [6, 6.07) is -0.497. The van der Waals surface area contributed by atoms with Crippen molar-refractivity contribution >= 4 is 17.7 Å². The molecule has 0 aromatic carbocycles. The van der Waals surface area contributed by atoms with Crippen LogP contribution in [0.2, 0.25) is 0 Å². The van der Waals surface area contributed by atoms with E-state index in [1.165, 1.54) is 4.90 Å². The van der Waals surface area contributed by atoms with Crippen LogP contribution >= 0.6 is 0 Å². The van der Waals surface area contributed by atoms with Gasteiger partial charge in [-0.1, -0.05) is 6.92 Å². The highest BCUT2D eigenvalue weighted by atomic mass is 16.2. The number of carbonyl (C=O) groups excluding carboxylic acids is 3. The summed E-state index contributed by atoms with van der Waals surface area (Å²) in [7, 11) is 1.58. The molecule has 1 aliphatic rings. The SMILES string of the molecule is CCCN1C(=O)CC(NCC(C)(C)C(=O)NC)C1=O. The molecule has 1 heterocycles. The van der Waals surface area contributed by atoms with Crippen LogP contribution < -0.4 is 10.6 Å². The summed E-state index contributed by atoms with van der Waals surface area (Å²) in [5.74, 6) is -0.413. The second-order valence-corrected chi connectivity index (χ2v) is 5.48. The Morgan fingerprint density at radius 1 is 1.42 bits per heavy atom. The number of imide groups is 1. The van der Waals surface area contributed by atoms with Crippen LogP contribution in [0.15, 0.2) is 0 Å². The lowest BCUT2D eigenvalue weighted by Crippen LogP contribution is -2.47. The molecule has 0 aliphatic carbocycles. The van der Waals surface area contributed by atoms with Gasteiger partial charge in [0.1, 0.15) is 0 Å². The van der Waals surface area contributed by atoms with Crippen molar-refractivity contribution in [1.82, 2.24) is 15.5 Å². The molecular formula is C13H23N3O3. The van der Waals surface area contributed by atoms with Crippen LogP contribution in [0, 0.1) is 5.41 Å². The summed E-state index contributed by atoms with van der Waals surface area (Å²) < 4.78 is 0. The Balaban J connectivity index is 2.58. The highest BCUT2D eigenvalue weighted by Crippen LogP contribution is 2.17. The van der Waals surface area contributed by atoms with E-state index < -0.39 is 11.5 Å². The zero-order valence-electron chi connectivity index (χ0n) is 12.1. The zero-order chi connectivity index (χ0) is 14.6. The summed E-state index contributed by atoms with van der Waals surface area (Å²) in [6.45, 7) is 6.34. The van der Waals surface area contributed by atoms with Crippen LogP contribution in [0.4, 0.5) is 0 Å². The van der Waals surface area contributed by atoms with Gasteiger partial charge in [0.25, 0.3) is 0 Å². The Bertz CT molecular complexity index is 379. The van der Waals surface area contributed by atoms with Gasteiger partial charge in [-0.05, 0) is 20.3 Å². The van der Waals surface area contributed by atoms with Gasteiger partial charge in [0.2, 0.25) is 17.7 Å². The fraction of sp³-hybridized carbons (Fsp3) is 0.769. The average molecular weight is 269 g/mol. The molecule has 1 saturated heterocycles. The van der Waals surface area contributed by atoms with Gasteiger partial charge in [-0.3, -0.25) is 19.3 Å². The van der Waals surface area contributed by atoms with Crippen LogP contribution in [-0.4, -0.2) is 48.8 Å². The summed E-state index contributed by atoms with van der Waals surface area (Å²) in [4.78, 5) is 36.6. The van der Waals surface area contributed by atoms with Gasteiger partial charge in [-0.15, -0.1) is 0 Å². The monoisotopic (exact) mass is 269 g/mol. The Hall–Kier alpha value is -1.43. The van der Waals surface area contributed by atoms with Crippen molar-refractivity contribution in [1.29, 1.82) is 0 Å². The topological polar surface area (TPSA) is 78.5 Å². The molecule has 1 rings (SSSR count). The minimum absolute atomic E-state index is 0.0952. The maximum atomic E-state index is 12.0. The van der Waals surface area contributed by atoms with Gasteiger partial charge in [0.05, 0.1) is 17.9 Å². The number of hydrogen-bond donors (Lipinski definition) is 2. The maximum absolute atomic E-state index is 12.0. The van der Waals surface area contributed by atoms with Crippen LogP contribution in [0.25, 0.3) is 0 Å². The average Bonchev–Trinajstić information content (AvgIpc) is 2.63. The van der Waals surface area contributed by atoms with E-state index in [9.17, 15) is 14.4 Å². The number of nitrogens with one attached hydrogen (secondary N) is 2. The molecule has 1 aliphatic heterocycles. The summed E-state index contributed by atoms with van der Waals surface area (Å²) in [5, 5.41) is 5.62. The largest absolute Gasteiger partial charge is 0.359 e. The van der Waals surface area contributed by atoms with Gasteiger partial charge >= 0.3 is 0 Å². The number of rotatable bonds is 6. The Kier molecular flexibility index (Phi) is 5.05. The molecular weight excluding hydrogens is 246 g/mol. The number of hydrogen-bond acceptors (Lipinski definition) is 4. The molecule has 0 spiro atoms. The lowest BCUT2D eigenvalue weighted by Gasteiger charge is -2.24. The third kappa shape index (κ3) is 3.53. The van der Waals surface area contributed by atoms with Crippen molar-refractivity contribution in [3.05, 3.63) is 0 Å². The minimum Gasteiger partial charge on any atom is -0.359 e. The van der Waals surface area contributed by atoms with Crippen LogP contribution in [0.1, 0.15) is 33.6 Å². The molecule has 0 radical (unpaired) electrons. The van der Waals surface area contributed by atoms with Crippen LogP contribution in [-0.2, 0) is 14.4 Å². The van der Waals surface area contributed by atoms with Crippen molar-refractivity contribution in [3.8, 4) is 0 Å². The number of nitrogens with zero attached hydrogens (tertiary/aromatic N) is 1. The molecule has 1 unspecified atom stereocenters. The Labute approximate surface area is 113 Å². The molecule has 108 valence electrons. The first-order chi connectivity index (χ1) is 8.83.